The fourth-order valence-electron chi connectivity index (χ4n) is 3.13. The van der Waals surface area contributed by atoms with Crippen LogP contribution >= 0.6 is 22.7 Å². The van der Waals surface area contributed by atoms with E-state index in [0.717, 1.165) is 27.7 Å². The van der Waals surface area contributed by atoms with Crippen LogP contribution < -0.4 is 0 Å². The molecule has 2 aromatic carbocycles. The van der Waals surface area contributed by atoms with Crippen LogP contribution in [0.5, 0.6) is 0 Å². The van der Waals surface area contributed by atoms with E-state index in [1.807, 2.05) is 18.2 Å². The van der Waals surface area contributed by atoms with Crippen LogP contribution in [0.3, 0.4) is 0 Å². The highest BCUT2D eigenvalue weighted by Gasteiger charge is 2.16. The lowest BCUT2D eigenvalue weighted by Gasteiger charge is -2.04. The minimum atomic E-state index is -0.264. The molecular weight excluding hydrogens is 363 g/mol. The van der Waals surface area contributed by atoms with Crippen molar-refractivity contribution in [2.24, 2.45) is 0 Å². The Bertz CT molecular complexity index is 1120. The van der Waals surface area contributed by atoms with E-state index in [0.29, 0.717) is 5.82 Å². The lowest BCUT2D eigenvalue weighted by Crippen LogP contribution is -1.81. The summed E-state index contributed by atoms with van der Waals surface area (Å²) < 4.78 is 13.7. The number of nitrogens with one attached hydrogen (secondary N) is 1. The number of hydrogen-bond acceptors (Lipinski definition) is 3. The van der Waals surface area contributed by atoms with Gasteiger partial charge in [0.25, 0.3) is 0 Å². The molecule has 0 unspecified atom stereocenters. The van der Waals surface area contributed by atoms with E-state index >= 15 is 0 Å². The molecule has 5 aromatic rings. The molecule has 3 aromatic heterocycles. The van der Waals surface area contributed by atoms with Crippen LogP contribution in [0.15, 0.2) is 71.4 Å². The van der Waals surface area contributed by atoms with Crippen LogP contribution in [0.2, 0.25) is 0 Å². The number of benzene rings is 2. The van der Waals surface area contributed by atoms with Gasteiger partial charge in [0.2, 0.25) is 0 Å². The Morgan fingerprint density at radius 1 is 0.808 bits per heavy atom. The summed E-state index contributed by atoms with van der Waals surface area (Å²) in [7, 11) is 0. The number of aromatic amines is 1. The van der Waals surface area contributed by atoms with Gasteiger partial charge in [-0.15, -0.1) is 22.7 Å². The molecule has 5 rings (SSSR count). The third-order valence-corrected chi connectivity index (χ3v) is 6.12. The first-order valence-electron chi connectivity index (χ1n) is 8.16. The lowest BCUT2D eigenvalue weighted by molar-refractivity contribution is 0.628. The fraction of sp³-hybridized carbons (Fsp3) is 0. The number of H-pyrrole nitrogens is 1. The minimum absolute atomic E-state index is 0.264. The second-order valence-electron chi connectivity index (χ2n) is 5.93. The summed E-state index contributed by atoms with van der Waals surface area (Å²) in [5, 5.41) is 4.13. The van der Waals surface area contributed by atoms with Crippen LogP contribution in [0.4, 0.5) is 4.39 Å². The molecule has 0 radical (unpaired) electrons. The minimum Gasteiger partial charge on any atom is -0.337 e. The van der Waals surface area contributed by atoms with Gasteiger partial charge in [0, 0.05) is 26.4 Å². The Kier molecular flexibility index (Phi) is 3.69. The van der Waals surface area contributed by atoms with Gasteiger partial charge in [-0.25, -0.2) is 9.37 Å². The molecule has 0 saturated carbocycles. The quantitative estimate of drug-likeness (QED) is 0.367. The average Bonchev–Trinajstić information content (AvgIpc) is 3.41. The summed E-state index contributed by atoms with van der Waals surface area (Å²) in [6, 6.07) is 19.1. The summed E-state index contributed by atoms with van der Waals surface area (Å²) in [6.07, 6.45) is 0. The first kappa shape index (κ1) is 15.5. The van der Waals surface area contributed by atoms with Crippen molar-refractivity contribution in [3.8, 4) is 32.3 Å². The molecule has 126 valence electrons. The third kappa shape index (κ3) is 2.57. The van der Waals surface area contributed by atoms with Gasteiger partial charge in [-0.05, 0) is 35.0 Å². The maximum Gasteiger partial charge on any atom is 0.138 e. The highest BCUT2D eigenvalue weighted by atomic mass is 32.1. The maximum absolute atomic E-state index is 13.7. The summed E-state index contributed by atoms with van der Waals surface area (Å²) in [5.74, 6) is 0.418. The van der Waals surface area contributed by atoms with Gasteiger partial charge in [0.05, 0.1) is 11.0 Å². The van der Waals surface area contributed by atoms with E-state index in [2.05, 4.69) is 40.0 Å². The van der Waals surface area contributed by atoms with E-state index in [4.69, 9.17) is 4.98 Å². The number of halogens is 1. The van der Waals surface area contributed by atoms with Crippen molar-refractivity contribution in [1.82, 2.24) is 9.97 Å². The predicted molar refractivity (Wildman–Crippen MR) is 108 cm³/mol. The smallest absolute Gasteiger partial charge is 0.138 e. The van der Waals surface area contributed by atoms with Crippen LogP contribution in [0.1, 0.15) is 0 Å². The van der Waals surface area contributed by atoms with Gasteiger partial charge in [-0.1, -0.05) is 36.4 Å². The molecule has 0 aliphatic heterocycles. The van der Waals surface area contributed by atoms with E-state index < -0.39 is 0 Å². The molecule has 2 nitrogen and oxygen atoms in total. The second kappa shape index (κ2) is 6.20. The van der Waals surface area contributed by atoms with Crippen molar-refractivity contribution in [1.29, 1.82) is 0 Å². The summed E-state index contributed by atoms with van der Waals surface area (Å²) in [6.45, 7) is 0. The van der Waals surface area contributed by atoms with Crippen molar-refractivity contribution in [2.45, 2.75) is 0 Å². The Balaban J connectivity index is 1.80. The van der Waals surface area contributed by atoms with Gasteiger partial charge >= 0.3 is 0 Å². The normalized spacial score (nSPS) is 11.3. The molecule has 26 heavy (non-hydrogen) atoms. The molecule has 5 heteroatoms. The summed E-state index contributed by atoms with van der Waals surface area (Å²) in [4.78, 5) is 10.6. The van der Waals surface area contributed by atoms with Crippen molar-refractivity contribution in [3.63, 3.8) is 0 Å². The van der Waals surface area contributed by atoms with Crippen LogP contribution in [0, 0.1) is 5.82 Å². The first-order valence-corrected chi connectivity index (χ1v) is 9.92. The number of nitrogens with zero attached hydrogens (tertiary/aromatic N) is 1. The summed E-state index contributed by atoms with van der Waals surface area (Å²) >= 11 is 3.39. The van der Waals surface area contributed by atoms with Gasteiger partial charge in [0.15, 0.2) is 0 Å². The van der Waals surface area contributed by atoms with Crippen molar-refractivity contribution >= 4 is 33.7 Å². The summed E-state index contributed by atoms with van der Waals surface area (Å²) in [5.41, 5.74) is 4.85. The topological polar surface area (TPSA) is 28.7 Å². The predicted octanol–water partition coefficient (Wildman–Crippen LogP) is 6.83. The van der Waals surface area contributed by atoms with Crippen LogP contribution in [-0.2, 0) is 0 Å². The number of thiophene rings is 2. The third-order valence-electron chi connectivity index (χ3n) is 4.32. The van der Waals surface area contributed by atoms with E-state index in [9.17, 15) is 4.39 Å². The van der Waals surface area contributed by atoms with Gasteiger partial charge < -0.3 is 4.98 Å². The van der Waals surface area contributed by atoms with E-state index in [1.165, 1.54) is 21.9 Å². The van der Waals surface area contributed by atoms with E-state index in [-0.39, 0.29) is 5.82 Å². The largest absolute Gasteiger partial charge is 0.337 e. The van der Waals surface area contributed by atoms with Crippen LogP contribution in [0.25, 0.3) is 43.3 Å². The number of fused-ring (bicyclic) bond motifs is 1. The van der Waals surface area contributed by atoms with Gasteiger partial charge in [-0.2, -0.15) is 0 Å². The number of hydrogen-bond donors (Lipinski definition) is 1. The molecule has 0 saturated heterocycles. The van der Waals surface area contributed by atoms with Crippen molar-refractivity contribution in [3.05, 3.63) is 77.2 Å². The molecule has 0 spiro atoms. The Hall–Kier alpha value is -2.76. The molecule has 0 amide bonds. The average molecular weight is 376 g/mol. The molecule has 0 atom stereocenters. The Labute approximate surface area is 157 Å². The highest BCUT2D eigenvalue weighted by Crippen LogP contribution is 2.38. The Morgan fingerprint density at radius 2 is 1.54 bits per heavy atom. The highest BCUT2D eigenvalue weighted by molar-refractivity contribution is 7.14. The van der Waals surface area contributed by atoms with Gasteiger partial charge in [-0.3, -0.25) is 0 Å². The number of aromatic nitrogens is 2. The molecule has 3 heterocycles. The molecule has 0 aliphatic carbocycles. The zero-order valence-corrected chi connectivity index (χ0v) is 15.2. The SMILES string of the molecule is Fc1cccc(-c2nc3c(-c4cccs4)ccc(-c4cccs4)c3[nH]2)c1. The monoisotopic (exact) mass is 376 g/mol. The molecular formula is C21H13FN2S2. The second-order valence-corrected chi connectivity index (χ2v) is 7.83. The lowest BCUT2D eigenvalue weighted by atomic mass is 10.1. The number of rotatable bonds is 3. The number of imidazole rings is 1. The Morgan fingerprint density at radius 3 is 2.23 bits per heavy atom. The molecule has 1 N–H and O–H groups in total. The zero-order valence-electron chi connectivity index (χ0n) is 13.6. The van der Waals surface area contributed by atoms with Gasteiger partial charge in [0.1, 0.15) is 11.6 Å². The van der Waals surface area contributed by atoms with Crippen molar-refractivity contribution < 1.29 is 4.39 Å². The van der Waals surface area contributed by atoms with Crippen LogP contribution in [-0.4, -0.2) is 9.97 Å². The van der Waals surface area contributed by atoms with Crippen molar-refractivity contribution in [2.75, 3.05) is 0 Å². The zero-order chi connectivity index (χ0) is 17.5. The molecule has 0 aliphatic rings. The first-order chi connectivity index (χ1) is 12.8. The standard InChI is InChI=1S/C21H13FN2S2/c22-14-5-1-4-13(12-14)21-23-19-15(17-6-2-10-25-17)8-9-16(20(19)24-21)18-7-3-11-26-18/h1-12H,(H,23,24). The maximum atomic E-state index is 13.7. The molecule has 0 bridgehead atoms. The van der Waals surface area contributed by atoms with E-state index in [1.54, 1.807) is 28.7 Å². The fourth-order valence-corrected chi connectivity index (χ4v) is 4.64. The molecule has 0 fully saturated rings.